The number of nitriles is 1. The van der Waals surface area contributed by atoms with Crippen molar-refractivity contribution in [3.05, 3.63) is 59.2 Å². The Morgan fingerprint density at radius 2 is 1.79 bits per heavy atom. The topological polar surface area (TPSA) is 93.5 Å². The highest BCUT2D eigenvalue weighted by molar-refractivity contribution is 7.89. The third-order valence-corrected chi connectivity index (χ3v) is 7.03. The Labute approximate surface area is 171 Å². The molecule has 2 aromatic carbocycles. The maximum absolute atomic E-state index is 13.0. The largest absolute Gasteiger partial charge is 0.324 e. The number of nitrogens with one attached hydrogen (secondary N) is 1. The van der Waals surface area contributed by atoms with Gasteiger partial charge < -0.3 is 5.32 Å². The molecule has 0 saturated carbocycles. The molecule has 0 bridgehead atoms. The van der Waals surface area contributed by atoms with E-state index in [0.717, 1.165) is 11.1 Å². The molecule has 0 unspecified atom stereocenters. The monoisotopic (exact) mass is 412 g/mol. The zero-order valence-corrected chi connectivity index (χ0v) is 17.4. The predicted molar refractivity (Wildman–Crippen MR) is 111 cm³/mol. The van der Waals surface area contributed by atoms with E-state index >= 15 is 0 Å². The van der Waals surface area contributed by atoms with Crippen LogP contribution < -0.4 is 5.32 Å². The summed E-state index contributed by atoms with van der Waals surface area (Å²) in [6.07, 6.45) is 0. The number of anilines is 1. The van der Waals surface area contributed by atoms with Crippen LogP contribution in [0, 0.1) is 25.2 Å². The number of para-hydroxylation sites is 1. The molecule has 1 aliphatic rings. The predicted octanol–water partition coefficient (Wildman–Crippen LogP) is 2.12. The highest BCUT2D eigenvalue weighted by Crippen LogP contribution is 2.22. The first-order chi connectivity index (χ1) is 13.8. The molecule has 0 spiro atoms. The van der Waals surface area contributed by atoms with Crippen molar-refractivity contribution in [2.24, 2.45) is 0 Å². The summed E-state index contributed by atoms with van der Waals surface area (Å²) in [6, 6.07) is 14.2. The van der Waals surface area contributed by atoms with Crippen LogP contribution in [0.5, 0.6) is 0 Å². The fraction of sp³-hybridized carbons (Fsp3) is 0.333. The number of amides is 1. The summed E-state index contributed by atoms with van der Waals surface area (Å²) >= 11 is 0. The zero-order chi connectivity index (χ0) is 21.0. The van der Waals surface area contributed by atoms with Gasteiger partial charge in [0.15, 0.2) is 0 Å². The number of sulfonamides is 1. The van der Waals surface area contributed by atoms with Crippen molar-refractivity contribution in [3.8, 4) is 6.07 Å². The Balaban J connectivity index is 1.59. The molecule has 29 heavy (non-hydrogen) atoms. The lowest BCUT2D eigenvalue weighted by molar-refractivity contribution is -0.117. The molecule has 1 amide bonds. The van der Waals surface area contributed by atoms with E-state index in [2.05, 4.69) is 5.32 Å². The lowest BCUT2D eigenvalue weighted by Gasteiger charge is -2.33. The molecular weight excluding hydrogens is 388 g/mol. The second kappa shape index (κ2) is 8.74. The molecule has 0 atom stereocenters. The minimum atomic E-state index is -3.55. The van der Waals surface area contributed by atoms with Crippen LogP contribution in [0.4, 0.5) is 5.69 Å². The summed E-state index contributed by atoms with van der Waals surface area (Å²) in [5.74, 6) is -0.224. The van der Waals surface area contributed by atoms with Crippen LogP contribution >= 0.6 is 0 Å². The number of carbonyl (C=O) groups excluding carboxylic acids is 1. The van der Waals surface area contributed by atoms with E-state index in [0.29, 0.717) is 42.3 Å². The number of benzene rings is 2. The van der Waals surface area contributed by atoms with E-state index in [1.165, 1.54) is 4.31 Å². The van der Waals surface area contributed by atoms with Crippen LogP contribution in [0.25, 0.3) is 0 Å². The van der Waals surface area contributed by atoms with E-state index in [4.69, 9.17) is 5.26 Å². The van der Waals surface area contributed by atoms with Crippen LogP contribution in [-0.4, -0.2) is 56.3 Å². The van der Waals surface area contributed by atoms with Gasteiger partial charge in [-0.25, -0.2) is 8.42 Å². The standard InChI is InChI=1S/C21H24N4O3S/c1-16-7-8-20(17(2)13-16)29(27,28)25-11-9-24(10-12-25)15-21(26)23-19-6-4-3-5-18(19)14-22/h3-8,13H,9-12,15H2,1-2H3,(H,23,26). The van der Waals surface area contributed by atoms with Gasteiger partial charge in [-0.2, -0.15) is 9.57 Å². The smallest absolute Gasteiger partial charge is 0.243 e. The van der Waals surface area contributed by atoms with Crippen molar-refractivity contribution in [1.29, 1.82) is 5.26 Å². The quantitative estimate of drug-likeness (QED) is 0.812. The summed E-state index contributed by atoms with van der Waals surface area (Å²) in [6.45, 7) is 5.49. The van der Waals surface area contributed by atoms with Gasteiger partial charge in [-0.3, -0.25) is 9.69 Å². The number of carbonyl (C=O) groups is 1. The van der Waals surface area contributed by atoms with E-state index < -0.39 is 10.0 Å². The van der Waals surface area contributed by atoms with E-state index in [1.807, 2.05) is 24.0 Å². The molecule has 1 heterocycles. The van der Waals surface area contributed by atoms with E-state index in [9.17, 15) is 13.2 Å². The van der Waals surface area contributed by atoms with Gasteiger partial charge in [-0.15, -0.1) is 0 Å². The minimum absolute atomic E-state index is 0.150. The van der Waals surface area contributed by atoms with Crippen LogP contribution in [0.15, 0.2) is 47.4 Å². The fourth-order valence-electron chi connectivity index (χ4n) is 3.44. The fourth-order valence-corrected chi connectivity index (χ4v) is 5.07. The Kier molecular flexibility index (Phi) is 6.33. The first-order valence-corrected chi connectivity index (χ1v) is 10.8. The van der Waals surface area contributed by atoms with Gasteiger partial charge in [-0.05, 0) is 37.6 Å². The van der Waals surface area contributed by atoms with Gasteiger partial charge >= 0.3 is 0 Å². The molecular formula is C21H24N4O3S. The van der Waals surface area contributed by atoms with Crippen molar-refractivity contribution in [2.45, 2.75) is 18.7 Å². The molecule has 1 saturated heterocycles. The highest BCUT2D eigenvalue weighted by Gasteiger charge is 2.30. The molecule has 8 heteroatoms. The normalized spacial score (nSPS) is 15.6. The average Bonchev–Trinajstić information content (AvgIpc) is 2.68. The number of aryl methyl sites for hydroxylation is 2. The van der Waals surface area contributed by atoms with Gasteiger partial charge in [-0.1, -0.05) is 29.8 Å². The van der Waals surface area contributed by atoms with Crippen LogP contribution in [0.1, 0.15) is 16.7 Å². The Morgan fingerprint density at radius 1 is 1.10 bits per heavy atom. The Bertz CT molecular complexity index is 1050. The average molecular weight is 413 g/mol. The number of nitrogens with zero attached hydrogens (tertiary/aromatic N) is 3. The highest BCUT2D eigenvalue weighted by atomic mass is 32.2. The van der Waals surface area contributed by atoms with Crippen molar-refractivity contribution in [1.82, 2.24) is 9.21 Å². The molecule has 1 fully saturated rings. The van der Waals surface area contributed by atoms with Gasteiger partial charge in [0.2, 0.25) is 15.9 Å². The first kappa shape index (κ1) is 21.0. The molecule has 7 nitrogen and oxygen atoms in total. The van der Waals surface area contributed by atoms with E-state index in [1.54, 1.807) is 43.3 Å². The molecule has 0 aromatic heterocycles. The Morgan fingerprint density at radius 3 is 2.45 bits per heavy atom. The SMILES string of the molecule is Cc1ccc(S(=O)(=O)N2CCN(CC(=O)Nc3ccccc3C#N)CC2)c(C)c1. The number of piperazine rings is 1. The van der Waals surface area contributed by atoms with Gasteiger partial charge in [0.25, 0.3) is 0 Å². The van der Waals surface area contributed by atoms with Gasteiger partial charge in [0.1, 0.15) is 6.07 Å². The van der Waals surface area contributed by atoms with Gasteiger partial charge in [0, 0.05) is 26.2 Å². The summed E-state index contributed by atoms with van der Waals surface area (Å²) in [4.78, 5) is 14.6. The molecule has 1 aliphatic heterocycles. The summed E-state index contributed by atoms with van der Waals surface area (Å²) in [5.41, 5.74) is 2.65. The molecule has 2 aromatic rings. The van der Waals surface area contributed by atoms with Gasteiger partial charge in [0.05, 0.1) is 22.7 Å². The first-order valence-electron chi connectivity index (χ1n) is 9.40. The summed E-state index contributed by atoms with van der Waals surface area (Å²) in [7, 11) is -3.55. The molecule has 1 N–H and O–H groups in total. The summed E-state index contributed by atoms with van der Waals surface area (Å²) < 4.78 is 27.4. The van der Waals surface area contributed by atoms with Crippen LogP contribution in [-0.2, 0) is 14.8 Å². The number of rotatable bonds is 5. The van der Waals surface area contributed by atoms with Crippen molar-refractivity contribution in [3.63, 3.8) is 0 Å². The maximum atomic E-state index is 13.0. The van der Waals surface area contributed by atoms with Crippen molar-refractivity contribution in [2.75, 3.05) is 38.0 Å². The molecule has 0 aliphatic carbocycles. The number of hydrogen-bond acceptors (Lipinski definition) is 5. The van der Waals surface area contributed by atoms with E-state index in [-0.39, 0.29) is 12.5 Å². The second-order valence-electron chi connectivity index (χ2n) is 7.15. The maximum Gasteiger partial charge on any atom is 0.243 e. The van der Waals surface area contributed by atoms with Crippen LogP contribution in [0.2, 0.25) is 0 Å². The summed E-state index contributed by atoms with van der Waals surface area (Å²) in [5, 5.41) is 11.9. The van der Waals surface area contributed by atoms with Crippen molar-refractivity contribution < 1.29 is 13.2 Å². The molecule has 0 radical (unpaired) electrons. The second-order valence-corrected chi connectivity index (χ2v) is 9.06. The lowest BCUT2D eigenvalue weighted by atomic mass is 10.2. The minimum Gasteiger partial charge on any atom is -0.324 e. The molecule has 152 valence electrons. The zero-order valence-electron chi connectivity index (χ0n) is 16.6. The molecule has 3 rings (SSSR count). The lowest BCUT2D eigenvalue weighted by Crippen LogP contribution is -2.50. The van der Waals surface area contributed by atoms with Crippen LogP contribution in [0.3, 0.4) is 0 Å². The van der Waals surface area contributed by atoms with Crippen molar-refractivity contribution >= 4 is 21.6 Å². The third-order valence-electron chi connectivity index (χ3n) is 4.97. The Hall–Kier alpha value is -2.73. The third kappa shape index (κ3) is 4.82. The number of hydrogen-bond donors (Lipinski definition) is 1.